The lowest BCUT2D eigenvalue weighted by molar-refractivity contribution is 0.806. The summed E-state index contributed by atoms with van der Waals surface area (Å²) in [5.41, 5.74) is 1.21. The Balaban J connectivity index is 2.80. The van der Waals surface area contributed by atoms with E-state index in [4.69, 9.17) is 11.6 Å². The molecule has 0 fully saturated rings. The van der Waals surface area contributed by atoms with Gasteiger partial charge in [0.1, 0.15) is 0 Å². The second kappa shape index (κ2) is 4.34. The highest BCUT2D eigenvalue weighted by atomic mass is 35.5. The number of alkyl halides is 1. The second-order valence-corrected chi connectivity index (χ2v) is 5.58. The summed E-state index contributed by atoms with van der Waals surface area (Å²) in [6.45, 7) is 6.32. The molecule has 3 heteroatoms. The molecule has 0 atom stereocenters. The Kier molecular flexibility index (Phi) is 3.63. The molecule has 1 aromatic rings. The quantitative estimate of drug-likeness (QED) is 0.566. The molecule has 0 radical (unpaired) electrons. The largest absolute Gasteiger partial charge is 0.250 e. The van der Waals surface area contributed by atoms with Gasteiger partial charge in [0.15, 0.2) is 0 Å². The standard InChI is InChI=1S/C10H14ClNS/c1-8-5-4-6-12-9(8)13-10(2,3)7-11/h4-6H,7H2,1-3H3. The van der Waals surface area contributed by atoms with E-state index >= 15 is 0 Å². The van der Waals surface area contributed by atoms with Gasteiger partial charge in [-0.05, 0) is 32.4 Å². The average Bonchev–Trinajstić information content (AvgIpc) is 2.09. The molecule has 0 amide bonds. The first-order valence-corrected chi connectivity index (χ1v) is 5.57. The number of aryl methyl sites for hydroxylation is 1. The van der Waals surface area contributed by atoms with Crippen LogP contribution in [0.1, 0.15) is 19.4 Å². The first-order chi connectivity index (χ1) is 6.05. The number of nitrogens with zero attached hydrogens (tertiary/aromatic N) is 1. The third-order valence-corrected chi connectivity index (χ3v) is 3.80. The van der Waals surface area contributed by atoms with E-state index in [2.05, 4.69) is 31.8 Å². The fraction of sp³-hybridized carbons (Fsp3) is 0.500. The third-order valence-electron chi connectivity index (χ3n) is 1.66. The van der Waals surface area contributed by atoms with Crippen LogP contribution in [-0.2, 0) is 0 Å². The first kappa shape index (κ1) is 10.9. The van der Waals surface area contributed by atoms with Crippen LogP contribution < -0.4 is 0 Å². The summed E-state index contributed by atoms with van der Waals surface area (Å²) in [7, 11) is 0. The molecular weight excluding hydrogens is 202 g/mol. The van der Waals surface area contributed by atoms with Crippen molar-refractivity contribution >= 4 is 23.4 Å². The molecule has 0 bridgehead atoms. The van der Waals surface area contributed by atoms with Crippen LogP contribution in [0.25, 0.3) is 0 Å². The van der Waals surface area contributed by atoms with Crippen molar-refractivity contribution in [1.29, 1.82) is 0 Å². The number of aromatic nitrogens is 1. The molecule has 1 rings (SSSR count). The lowest BCUT2D eigenvalue weighted by atomic mass is 10.2. The number of rotatable bonds is 3. The van der Waals surface area contributed by atoms with E-state index < -0.39 is 0 Å². The van der Waals surface area contributed by atoms with Gasteiger partial charge in [0, 0.05) is 16.8 Å². The van der Waals surface area contributed by atoms with Crippen LogP contribution in [0.3, 0.4) is 0 Å². The maximum atomic E-state index is 5.85. The molecule has 0 spiro atoms. The van der Waals surface area contributed by atoms with E-state index in [1.165, 1.54) is 5.56 Å². The van der Waals surface area contributed by atoms with Crippen molar-refractivity contribution in [2.45, 2.75) is 30.5 Å². The maximum absolute atomic E-state index is 5.85. The summed E-state index contributed by atoms with van der Waals surface area (Å²) in [6.07, 6.45) is 1.82. The summed E-state index contributed by atoms with van der Waals surface area (Å²) in [4.78, 5) is 4.32. The summed E-state index contributed by atoms with van der Waals surface area (Å²) < 4.78 is 0.0562. The summed E-state index contributed by atoms with van der Waals surface area (Å²) in [6, 6.07) is 4.02. The minimum Gasteiger partial charge on any atom is -0.250 e. The minimum absolute atomic E-state index is 0.0562. The van der Waals surface area contributed by atoms with E-state index in [1.807, 2.05) is 12.3 Å². The van der Waals surface area contributed by atoms with E-state index in [0.29, 0.717) is 5.88 Å². The van der Waals surface area contributed by atoms with Crippen molar-refractivity contribution in [3.63, 3.8) is 0 Å². The Labute approximate surface area is 88.9 Å². The predicted octanol–water partition coefficient (Wildman–Crippen LogP) is 3.50. The predicted molar refractivity (Wildman–Crippen MR) is 59.6 cm³/mol. The number of pyridine rings is 1. The van der Waals surface area contributed by atoms with Gasteiger partial charge in [-0.1, -0.05) is 17.8 Å². The van der Waals surface area contributed by atoms with Crippen molar-refractivity contribution in [3.8, 4) is 0 Å². The van der Waals surface area contributed by atoms with E-state index in [1.54, 1.807) is 11.8 Å². The lowest BCUT2D eigenvalue weighted by Gasteiger charge is -2.20. The molecule has 1 heterocycles. The summed E-state index contributed by atoms with van der Waals surface area (Å²) in [5, 5.41) is 1.08. The number of hydrogen-bond donors (Lipinski definition) is 0. The van der Waals surface area contributed by atoms with Crippen molar-refractivity contribution in [1.82, 2.24) is 4.98 Å². The van der Waals surface area contributed by atoms with Crippen molar-refractivity contribution in [3.05, 3.63) is 23.9 Å². The van der Waals surface area contributed by atoms with E-state index in [-0.39, 0.29) is 4.75 Å². The molecule has 0 N–H and O–H groups in total. The molecule has 1 aromatic heterocycles. The number of halogens is 1. The smallest absolute Gasteiger partial charge is 0.0994 e. The molecule has 0 aliphatic carbocycles. The monoisotopic (exact) mass is 215 g/mol. The van der Waals surface area contributed by atoms with Gasteiger partial charge >= 0.3 is 0 Å². The molecule has 0 aliphatic heterocycles. The van der Waals surface area contributed by atoms with Gasteiger partial charge in [-0.3, -0.25) is 0 Å². The summed E-state index contributed by atoms with van der Waals surface area (Å²) in [5.74, 6) is 0.633. The Morgan fingerprint density at radius 1 is 1.54 bits per heavy atom. The van der Waals surface area contributed by atoms with Crippen molar-refractivity contribution in [2.75, 3.05) is 5.88 Å². The molecule has 0 saturated carbocycles. The molecule has 0 aromatic carbocycles. The third kappa shape index (κ3) is 3.20. The van der Waals surface area contributed by atoms with Crippen LogP contribution in [0.15, 0.2) is 23.4 Å². The van der Waals surface area contributed by atoms with Crippen LogP contribution in [-0.4, -0.2) is 15.6 Å². The fourth-order valence-corrected chi connectivity index (χ4v) is 1.95. The van der Waals surface area contributed by atoms with Gasteiger partial charge in [0.2, 0.25) is 0 Å². The summed E-state index contributed by atoms with van der Waals surface area (Å²) >= 11 is 7.58. The maximum Gasteiger partial charge on any atom is 0.0994 e. The molecule has 72 valence electrons. The Morgan fingerprint density at radius 2 is 2.23 bits per heavy atom. The zero-order valence-electron chi connectivity index (χ0n) is 8.17. The highest BCUT2D eigenvalue weighted by Gasteiger charge is 2.19. The van der Waals surface area contributed by atoms with Gasteiger partial charge in [0.05, 0.1) is 5.03 Å². The fourth-order valence-electron chi connectivity index (χ4n) is 0.867. The molecule has 0 aliphatic rings. The molecule has 13 heavy (non-hydrogen) atoms. The average molecular weight is 216 g/mol. The zero-order chi connectivity index (χ0) is 9.90. The molecular formula is C10H14ClNS. The Hall–Kier alpha value is -0.210. The van der Waals surface area contributed by atoms with Crippen LogP contribution in [0, 0.1) is 6.92 Å². The first-order valence-electron chi connectivity index (χ1n) is 4.22. The van der Waals surface area contributed by atoms with Crippen molar-refractivity contribution < 1.29 is 0 Å². The lowest BCUT2D eigenvalue weighted by Crippen LogP contribution is -2.16. The SMILES string of the molecule is Cc1cccnc1SC(C)(C)CCl. The van der Waals surface area contributed by atoms with Crippen LogP contribution >= 0.6 is 23.4 Å². The van der Waals surface area contributed by atoms with E-state index in [9.17, 15) is 0 Å². The van der Waals surface area contributed by atoms with Crippen molar-refractivity contribution in [2.24, 2.45) is 0 Å². The molecule has 1 nitrogen and oxygen atoms in total. The molecule has 0 saturated heterocycles. The topological polar surface area (TPSA) is 12.9 Å². The van der Waals surface area contributed by atoms with Crippen LogP contribution in [0.2, 0.25) is 0 Å². The number of thioether (sulfide) groups is 1. The number of hydrogen-bond acceptors (Lipinski definition) is 2. The highest BCUT2D eigenvalue weighted by Crippen LogP contribution is 2.33. The van der Waals surface area contributed by atoms with Gasteiger partial charge in [-0.2, -0.15) is 0 Å². The van der Waals surface area contributed by atoms with E-state index in [0.717, 1.165) is 5.03 Å². The Bertz CT molecular complexity index is 286. The zero-order valence-corrected chi connectivity index (χ0v) is 9.75. The highest BCUT2D eigenvalue weighted by molar-refractivity contribution is 8.00. The minimum atomic E-state index is 0.0562. The van der Waals surface area contributed by atoms with Gasteiger partial charge in [-0.15, -0.1) is 11.6 Å². The second-order valence-electron chi connectivity index (χ2n) is 3.62. The Morgan fingerprint density at radius 3 is 2.77 bits per heavy atom. The van der Waals surface area contributed by atoms with Gasteiger partial charge in [-0.25, -0.2) is 4.98 Å². The van der Waals surface area contributed by atoms with Gasteiger partial charge < -0.3 is 0 Å². The molecule has 0 unspecified atom stereocenters. The van der Waals surface area contributed by atoms with Gasteiger partial charge in [0.25, 0.3) is 0 Å². The normalized spacial score (nSPS) is 11.7. The van der Waals surface area contributed by atoms with Crippen LogP contribution in [0.5, 0.6) is 0 Å². The van der Waals surface area contributed by atoms with Crippen LogP contribution in [0.4, 0.5) is 0 Å².